The van der Waals surface area contributed by atoms with Gasteiger partial charge in [0.1, 0.15) is 12.6 Å². The van der Waals surface area contributed by atoms with Crippen LogP contribution in [0.3, 0.4) is 0 Å². The van der Waals surface area contributed by atoms with Gasteiger partial charge in [-0.25, -0.2) is 9.78 Å². The SMILES string of the molecule is Cn1ccnc1SC[C@@H]1C[C@H](c2ccc(CO)cc2)O[C@H](c2cccc(-c3cccc(CN4C(=O)CC(NC(=O)OCc5ccccc5)C4=O)c3)c2)O1. The summed E-state index contributed by atoms with van der Waals surface area (Å²) in [4.78, 5) is 44.2. The molecule has 2 aliphatic rings. The Morgan fingerprint density at radius 2 is 1.66 bits per heavy atom. The molecule has 3 amide bonds. The Morgan fingerprint density at radius 1 is 0.906 bits per heavy atom. The van der Waals surface area contributed by atoms with Crippen LogP contribution < -0.4 is 5.32 Å². The number of nitrogens with one attached hydrogen (secondary N) is 1. The molecule has 7 rings (SSSR count). The number of imidazole rings is 1. The number of imide groups is 1. The first-order valence-corrected chi connectivity index (χ1v) is 18.4. The number of aliphatic hydroxyl groups excluding tert-OH is 1. The molecule has 2 aliphatic heterocycles. The van der Waals surface area contributed by atoms with Crippen LogP contribution in [0.4, 0.5) is 4.79 Å². The number of likely N-dealkylation sites (tertiary alicyclic amines) is 1. The van der Waals surface area contributed by atoms with E-state index in [0.29, 0.717) is 12.2 Å². The summed E-state index contributed by atoms with van der Waals surface area (Å²) in [6.45, 7) is 0.107. The van der Waals surface area contributed by atoms with Gasteiger partial charge in [-0.2, -0.15) is 0 Å². The van der Waals surface area contributed by atoms with E-state index in [4.69, 9.17) is 14.2 Å². The quantitative estimate of drug-likeness (QED) is 0.109. The van der Waals surface area contributed by atoms with E-state index in [9.17, 15) is 19.5 Å². The van der Waals surface area contributed by atoms with Crippen molar-refractivity contribution in [1.82, 2.24) is 19.8 Å². The van der Waals surface area contributed by atoms with E-state index in [-0.39, 0.29) is 44.3 Å². The van der Waals surface area contributed by atoms with E-state index in [0.717, 1.165) is 44.1 Å². The summed E-state index contributed by atoms with van der Waals surface area (Å²) in [6, 6.07) is 31.7. The predicted molar refractivity (Wildman–Crippen MR) is 198 cm³/mol. The first-order valence-electron chi connectivity index (χ1n) is 17.4. The van der Waals surface area contributed by atoms with Crippen LogP contribution in [0.2, 0.25) is 0 Å². The fourth-order valence-corrected chi connectivity index (χ4v) is 7.40. The van der Waals surface area contributed by atoms with Gasteiger partial charge in [-0.05, 0) is 45.5 Å². The number of carbonyl (C=O) groups excluding carboxylic acids is 3. The zero-order chi connectivity index (χ0) is 36.7. The maximum absolute atomic E-state index is 13.2. The topological polar surface area (TPSA) is 132 Å². The van der Waals surface area contributed by atoms with Crippen LogP contribution >= 0.6 is 11.8 Å². The molecule has 2 fully saturated rings. The van der Waals surface area contributed by atoms with E-state index < -0.39 is 24.3 Å². The maximum atomic E-state index is 13.2. The van der Waals surface area contributed by atoms with Crippen molar-refractivity contribution < 1.29 is 33.7 Å². The van der Waals surface area contributed by atoms with E-state index in [1.165, 1.54) is 4.90 Å². The number of alkyl carbamates (subject to hydrolysis) is 1. The Hall–Kier alpha value is -5.27. The second-order valence-corrected chi connectivity index (χ2v) is 14.1. The van der Waals surface area contributed by atoms with Crippen LogP contribution in [0.15, 0.2) is 121 Å². The minimum atomic E-state index is -0.983. The van der Waals surface area contributed by atoms with Gasteiger partial charge in [-0.1, -0.05) is 103 Å². The van der Waals surface area contributed by atoms with Crippen LogP contribution in [0, 0.1) is 0 Å². The highest BCUT2D eigenvalue weighted by atomic mass is 32.2. The number of nitrogens with zero attached hydrogens (tertiary/aromatic N) is 3. The molecule has 53 heavy (non-hydrogen) atoms. The largest absolute Gasteiger partial charge is 0.445 e. The number of amides is 3. The molecule has 0 bridgehead atoms. The van der Waals surface area contributed by atoms with Crippen LogP contribution in [-0.2, 0) is 50.6 Å². The van der Waals surface area contributed by atoms with E-state index in [1.54, 1.807) is 18.0 Å². The molecule has 0 aliphatic carbocycles. The number of aryl methyl sites for hydroxylation is 1. The van der Waals surface area contributed by atoms with Crippen molar-refractivity contribution in [1.29, 1.82) is 0 Å². The Bertz CT molecular complexity index is 2050. The number of carbonyl (C=O) groups is 3. The van der Waals surface area contributed by atoms with Gasteiger partial charge in [0.05, 0.1) is 31.8 Å². The van der Waals surface area contributed by atoms with Crippen molar-refractivity contribution in [3.05, 3.63) is 143 Å². The summed E-state index contributed by atoms with van der Waals surface area (Å²) in [5.74, 6) is -0.142. The molecular weight excluding hydrogens is 693 g/mol. The van der Waals surface area contributed by atoms with Gasteiger partial charge in [0.25, 0.3) is 5.91 Å². The lowest BCUT2D eigenvalue weighted by Crippen LogP contribution is -2.41. The van der Waals surface area contributed by atoms with Crippen molar-refractivity contribution in [2.45, 2.75) is 62.3 Å². The Morgan fingerprint density at radius 3 is 2.42 bits per heavy atom. The number of hydrogen-bond donors (Lipinski definition) is 2. The molecule has 5 aromatic rings. The van der Waals surface area contributed by atoms with Crippen molar-refractivity contribution in [2.24, 2.45) is 7.05 Å². The van der Waals surface area contributed by atoms with Crippen LogP contribution in [0.5, 0.6) is 0 Å². The molecule has 272 valence electrons. The van der Waals surface area contributed by atoms with Gasteiger partial charge in [0, 0.05) is 37.2 Å². The monoisotopic (exact) mass is 732 g/mol. The van der Waals surface area contributed by atoms with Crippen LogP contribution in [0.1, 0.15) is 53.1 Å². The molecule has 4 atom stereocenters. The number of benzene rings is 4. The zero-order valence-corrected chi connectivity index (χ0v) is 30.0. The first-order chi connectivity index (χ1) is 25.8. The van der Waals surface area contributed by atoms with Gasteiger partial charge in [-0.15, -0.1) is 0 Å². The van der Waals surface area contributed by atoms with Gasteiger partial charge in [0.15, 0.2) is 11.4 Å². The van der Waals surface area contributed by atoms with Crippen LogP contribution in [0.25, 0.3) is 11.1 Å². The summed E-state index contributed by atoms with van der Waals surface area (Å²) in [5, 5.41) is 13.0. The van der Waals surface area contributed by atoms with Gasteiger partial charge in [0.2, 0.25) is 5.91 Å². The summed E-state index contributed by atoms with van der Waals surface area (Å²) in [6.07, 6.45) is 2.50. The Balaban J connectivity index is 1.03. The molecule has 0 radical (unpaired) electrons. The van der Waals surface area contributed by atoms with Gasteiger partial charge in [-0.3, -0.25) is 14.5 Å². The fraction of sp³-hybridized carbons (Fsp3) is 0.268. The third kappa shape index (κ3) is 8.86. The average molecular weight is 733 g/mol. The number of thioether (sulfide) groups is 1. The van der Waals surface area contributed by atoms with Crippen LogP contribution in [-0.4, -0.2) is 55.4 Å². The molecule has 1 aromatic heterocycles. The highest BCUT2D eigenvalue weighted by Gasteiger charge is 2.40. The maximum Gasteiger partial charge on any atom is 0.408 e. The lowest BCUT2D eigenvalue weighted by Gasteiger charge is -2.36. The molecule has 12 heteroatoms. The minimum Gasteiger partial charge on any atom is -0.445 e. The molecule has 2 saturated heterocycles. The summed E-state index contributed by atoms with van der Waals surface area (Å²) >= 11 is 1.64. The smallest absolute Gasteiger partial charge is 0.408 e. The Labute approximate surface area is 311 Å². The minimum absolute atomic E-state index is 0.0250. The molecule has 4 aromatic carbocycles. The van der Waals surface area contributed by atoms with Crippen molar-refractivity contribution >= 4 is 29.7 Å². The van der Waals surface area contributed by atoms with E-state index >= 15 is 0 Å². The molecule has 3 heterocycles. The second kappa shape index (κ2) is 16.6. The lowest BCUT2D eigenvalue weighted by atomic mass is 9.99. The molecule has 2 N–H and O–H groups in total. The standard InChI is InChI=1S/C41H40N4O7S/c1-44-18-17-42-40(44)53-26-34-21-36(30-15-13-27(24-46)14-16-30)52-39(51-34)33-12-6-11-32(20-33)31-10-5-9-29(19-31)23-45-37(47)22-35(38(45)48)43-41(49)50-25-28-7-3-2-4-8-28/h2-20,34-36,39,46H,21-26H2,1H3,(H,43,49)/t34-,35?,36+,39+/m0/s1. The Kier molecular flexibility index (Phi) is 11.3. The predicted octanol–water partition coefficient (Wildman–Crippen LogP) is 6.47. The van der Waals surface area contributed by atoms with Crippen molar-refractivity contribution in [3.63, 3.8) is 0 Å². The number of rotatable bonds is 12. The third-order valence-corrected chi connectivity index (χ3v) is 10.5. The van der Waals surface area contributed by atoms with Crippen molar-refractivity contribution in [3.8, 4) is 11.1 Å². The number of ether oxygens (including phenoxy) is 3. The highest BCUT2D eigenvalue weighted by molar-refractivity contribution is 7.99. The highest BCUT2D eigenvalue weighted by Crippen LogP contribution is 2.40. The van der Waals surface area contributed by atoms with Gasteiger partial charge < -0.3 is 29.2 Å². The summed E-state index contributed by atoms with van der Waals surface area (Å²) in [5.41, 5.74) is 6.11. The number of aromatic nitrogens is 2. The number of hydrogen-bond acceptors (Lipinski definition) is 9. The first kappa shape index (κ1) is 36.1. The van der Waals surface area contributed by atoms with E-state index in [1.807, 2.05) is 121 Å². The average Bonchev–Trinajstić information content (AvgIpc) is 3.73. The van der Waals surface area contributed by atoms with Crippen molar-refractivity contribution in [2.75, 3.05) is 5.75 Å². The third-order valence-electron chi connectivity index (χ3n) is 9.30. The fourth-order valence-electron chi connectivity index (χ4n) is 6.45. The van der Waals surface area contributed by atoms with Gasteiger partial charge >= 0.3 is 6.09 Å². The molecule has 11 nitrogen and oxygen atoms in total. The summed E-state index contributed by atoms with van der Waals surface area (Å²) in [7, 11) is 1.97. The molecular formula is C41H40N4O7S. The summed E-state index contributed by atoms with van der Waals surface area (Å²) < 4.78 is 20.4. The molecule has 0 spiro atoms. The van der Waals surface area contributed by atoms with E-state index in [2.05, 4.69) is 10.3 Å². The molecule has 0 saturated carbocycles. The lowest BCUT2D eigenvalue weighted by molar-refractivity contribution is -0.245. The number of aliphatic hydroxyl groups is 1. The second-order valence-electron chi connectivity index (χ2n) is 13.1. The normalized spacial score (nSPS) is 20.1. The molecule has 1 unspecified atom stereocenters. The zero-order valence-electron chi connectivity index (χ0n) is 29.2.